The summed E-state index contributed by atoms with van der Waals surface area (Å²) in [6, 6.07) is 12.8. The Balaban J connectivity index is 1.44. The maximum atomic E-state index is 13.2. The van der Waals surface area contributed by atoms with Crippen molar-refractivity contribution in [3.63, 3.8) is 0 Å². The number of nitrogens with one attached hydrogen (secondary N) is 1. The smallest absolute Gasteiger partial charge is 0.251 e. The largest absolute Gasteiger partial charge is 0.497 e. The van der Waals surface area contributed by atoms with Crippen molar-refractivity contribution in [2.45, 2.75) is 25.4 Å². The van der Waals surface area contributed by atoms with E-state index in [0.717, 1.165) is 23.0 Å². The van der Waals surface area contributed by atoms with E-state index in [0.29, 0.717) is 18.0 Å². The van der Waals surface area contributed by atoms with Gasteiger partial charge in [-0.3, -0.25) is 14.5 Å². The minimum atomic E-state index is -0.432. The first-order chi connectivity index (χ1) is 14.1. The molecular weight excluding hydrogens is 434 g/mol. The number of methoxy groups -OCH3 is 1. The molecule has 0 radical (unpaired) electrons. The van der Waals surface area contributed by atoms with Crippen LogP contribution in [0.2, 0.25) is 0 Å². The average Bonchev–Trinajstić information content (AvgIpc) is 3.25. The molecule has 2 aliphatic rings. The van der Waals surface area contributed by atoms with E-state index < -0.39 is 6.04 Å². The van der Waals surface area contributed by atoms with Gasteiger partial charge >= 0.3 is 0 Å². The second-order valence-electron chi connectivity index (χ2n) is 7.45. The lowest BCUT2D eigenvalue weighted by Crippen LogP contribution is -2.44. The van der Waals surface area contributed by atoms with Crippen molar-refractivity contribution in [3.05, 3.63) is 58.2 Å². The maximum absolute atomic E-state index is 13.2. The fourth-order valence-corrected chi connectivity index (χ4v) is 4.88. The molecule has 148 valence electrons. The van der Waals surface area contributed by atoms with Crippen molar-refractivity contribution in [1.82, 2.24) is 9.88 Å². The molecule has 2 aliphatic heterocycles. The first-order valence-corrected chi connectivity index (χ1v) is 10.4. The van der Waals surface area contributed by atoms with Crippen molar-refractivity contribution in [2.24, 2.45) is 0 Å². The van der Waals surface area contributed by atoms with Crippen LogP contribution in [0.4, 0.5) is 5.69 Å². The number of imide groups is 1. The number of rotatable bonds is 3. The normalized spacial score (nSPS) is 19.8. The molecule has 0 aliphatic carbocycles. The molecule has 1 atom stereocenters. The predicted molar refractivity (Wildman–Crippen MR) is 114 cm³/mol. The van der Waals surface area contributed by atoms with E-state index in [1.165, 1.54) is 21.5 Å². The zero-order valence-corrected chi connectivity index (χ0v) is 17.5. The zero-order valence-electron chi connectivity index (χ0n) is 15.9. The van der Waals surface area contributed by atoms with E-state index in [1.54, 1.807) is 31.4 Å². The number of fused-ring (bicyclic) bond motifs is 3. The van der Waals surface area contributed by atoms with Crippen LogP contribution in [0.1, 0.15) is 17.7 Å². The highest BCUT2D eigenvalue weighted by molar-refractivity contribution is 9.10. The van der Waals surface area contributed by atoms with Crippen LogP contribution in [0.25, 0.3) is 10.9 Å². The van der Waals surface area contributed by atoms with Gasteiger partial charge in [-0.2, -0.15) is 0 Å². The number of amides is 2. The summed E-state index contributed by atoms with van der Waals surface area (Å²) in [4.78, 5) is 32.9. The Hall–Kier alpha value is -2.64. The number of aromatic nitrogens is 1. The Kier molecular flexibility index (Phi) is 4.44. The Morgan fingerprint density at radius 3 is 2.83 bits per heavy atom. The highest BCUT2D eigenvalue weighted by Crippen LogP contribution is 2.35. The number of halogens is 1. The minimum absolute atomic E-state index is 0.160. The van der Waals surface area contributed by atoms with Crippen LogP contribution in [-0.4, -0.2) is 41.4 Å². The van der Waals surface area contributed by atoms with Crippen molar-refractivity contribution >= 4 is 44.3 Å². The van der Waals surface area contributed by atoms with Crippen molar-refractivity contribution < 1.29 is 14.3 Å². The molecule has 0 bridgehead atoms. The number of hydrogen-bond acceptors (Lipinski definition) is 4. The molecule has 1 N–H and O–H groups in total. The van der Waals surface area contributed by atoms with E-state index in [1.807, 2.05) is 12.1 Å². The summed E-state index contributed by atoms with van der Waals surface area (Å²) >= 11 is 3.61. The molecule has 3 heterocycles. The van der Waals surface area contributed by atoms with Gasteiger partial charge in [-0.1, -0.05) is 18.2 Å². The summed E-state index contributed by atoms with van der Waals surface area (Å²) in [7, 11) is 1.57. The Bertz CT molecular complexity index is 1140. The van der Waals surface area contributed by atoms with E-state index >= 15 is 0 Å². The summed E-state index contributed by atoms with van der Waals surface area (Å²) in [5, 5.41) is 1.17. The van der Waals surface area contributed by atoms with Gasteiger partial charge in [0.05, 0.1) is 30.8 Å². The molecule has 3 aromatic rings. The zero-order chi connectivity index (χ0) is 20.1. The summed E-state index contributed by atoms with van der Waals surface area (Å²) in [5.74, 6) is 0.298. The molecule has 1 saturated heterocycles. The second-order valence-corrected chi connectivity index (χ2v) is 8.31. The van der Waals surface area contributed by atoms with Crippen molar-refractivity contribution in [3.8, 4) is 5.75 Å². The molecule has 5 rings (SSSR count). The number of nitrogens with zero attached hydrogens (tertiary/aromatic N) is 2. The molecule has 2 aromatic carbocycles. The Labute approximate surface area is 176 Å². The molecule has 1 aromatic heterocycles. The summed E-state index contributed by atoms with van der Waals surface area (Å²) in [5.41, 5.74) is 4.08. The fourth-order valence-electron chi connectivity index (χ4n) is 4.41. The second kappa shape index (κ2) is 7.00. The van der Waals surface area contributed by atoms with Gasteiger partial charge in [0.15, 0.2) is 0 Å². The lowest BCUT2D eigenvalue weighted by atomic mass is 10.0. The van der Waals surface area contributed by atoms with Crippen LogP contribution in [0.15, 0.2) is 46.9 Å². The lowest BCUT2D eigenvalue weighted by Gasteiger charge is -2.31. The van der Waals surface area contributed by atoms with Crippen molar-refractivity contribution in [1.29, 1.82) is 0 Å². The predicted octanol–water partition coefficient (Wildman–Crippen LogP) is 3.63. The number of carbonyl (C=O) groups is 2. The number of hydrogen-bond donors (Lipinski definition) is 1. The average molecular weight is 454 g/mol. The van der Waals surface area contributed by atoms with Gasteiger partial charge in [0.25, 0.3) is 5.91 Å². The third-order valence-corrected chi connectivity index (χ3v) is 6.53. The maximum Gasteiger partial charge on any atom is 0.251 e. The monoisotopic (exact) mass is 453 g/mol. The van der Waals surface area contributed by atoms with Gasteiger partial charge in [0, 0.05) is 41.1 Å². The number of H-pyrrole nitrogens is 1. The number of ether oxygens (including phenoxy) is 1. The van der Waals surface area contributed by atoms with Crippen LogP contribution in [-0.2, 0) is 22.6 Å². The number of anilines is 1. The van der Waals surface area contributed by atoms with Gasteiger partial charge in [-0.05, 0) is 39.7 Å². The summed E-state index contributed by atoms with van der Waals surface area (Å²) in [6.45, 7) is 1.40. The van der Waals surface area contributed by atoms with Crippen LogP contribution >= 0.6 is 15.9 Å². The van der Waals surface area contributed by atoms with E-state index in [4.69, 9.17) is 4.74 Å². The molecule has 0 unspecified atom stereocenters. The third kappa shape index (κ3) is 2.96. The molecule has 0 saturated carbocycles. The van der Waals surface area contributed by atoms with Gasteiger partial charge in [-0.15, -0.1) is 0 Å². The summed E-state index contributed by atoms with van der Waals surface area (Å²) < 4.78 is 6.28. The molecule has 29 heavy (non-hydrogen) atoms. The fraction of sp³-hybridized carbons (Fsp3) is 0.273. The van der Waals surface area contributed by atoms with E-state index in [2.05, 4.69) is 31.9 Å². The summed E-state index contributed by atoms with van der Waals surface area (Å²) in [6.07, 6.45) is 1.03. The highest BCUT2D eigenvalue weighted by Gasteiger charge is 2.43. The number of benzene rings is 2. The highest BCUT2D eigenvalue weighted by atomic mass is 79.9. The van der Waals surface area contributed by atoms with Gasteiger partial charge in [0.2, 0.25) is 5.91 Å². The molecular formula is C22H20BrN3O3. The van der Waals surface area contributed by atoms with E-state index in [9.17, 15) is 9.59 Å². The first kappa shape index (κ1) is 18.4. The van der Waals surface area contributed by atoms with E-state index in [-0.39, 0.29) is 18.2 Å². The topological polar surface area (TPSA) is 65.6 Å². The standard InChI is InChI=1S/C22H20BrN3O3/c1-29-14-5-2-4-13(10-14)26-20(27)11-19(22(26)28)25-9-8-18-16(12-25)15-6-3-7-17(23)21(15)24-18/h2-7,10,19,24H,8-9,11-12H2,1H3/t19-/m0/s1. The SMILES string of the molecule is COc1cccc(N2C(=O)C[C@H](N3CCc4[nH]c5c(Br)cccc5c4C3)C2=O)c1. The molecule has 1 fully saturated rings. The molecule has 0 spiro atoms. The Morgan fingerprint density at radius 1 is 1.17 bits per heavy atom. The lowest BCUT2D eigenvalue weighted by molar-refractivity contribution is -0.123. The number of carbonyl (C=O) groups excluding carboxylic acids is 2. The van der Waals surface area contributed by atoms with Crippen LogP contribution in [0.3, 0.4) is 0 Å². The molecule has 2 amide bonds. The Morgan fingerprint density at radius 2 is 2.00 bits per heavy atom. The van der Waals surface area contributed by atoms with Crippen molar-refractivity contribution in [2.75, 3.05) is 18.6 Å². The molecule has 7 heteroatoms. The van der Waals surface area contributed by atoms with Crippen LogP contribution < -0.4 is 9.64 Å². The third-order valence-electron chi connectivity index (χ3n) is 5.86. The van der Waals surface area contributed by atoms with Gasteiger partial charge in [0.1, 0.15) is 5.75 Å². The van der Waals surface area contributed by atoms with Crippen LogP contribution in [0.5, 0.6) is 5.75 Å². The van der Waals surface area contributed by atoms with Crippen LogP contribution in [0, 0.1) is 0 Å². The molecule has 6 nitrogen and oxygen atoms in total. The number of para-hydroxylation sites is 1. The quantitative estimate of drug-likeness (QED) is 0.614. The minimum Gasteiger partial charge on any atom is -0.497 e. The first-order valence-electron chi connectivity index (χ1n) is 9.59. The van der Waals surface area contributed by atoms with Gasteiger partial charge in [-0.25, -0.2) is 4.90 Å². The van der Waals surface area contributed by atoms with Gasteiger partial charge < -0.3 is 9.72 Å². The number of aromatic amines is 1.